The van der Waals surface area contributed by atoms with Gasteiger partial charge >= 0.3 is 6.09 Å². The van der Waals surface area contributed by atoms with Gasteiger partial charge in [0.15, 0.2) is 10.3 Å². The van der Waals surface area contributed by atoms with Gasteiger partial charge in [0.05, 0.1) is 0 Å². The molecule has 7 nitrogen and oxygen atoms in total. The molecule has 158 valence electrons. The van der Waals surface area contributed by atoms with Crippen molar-refractivity contribution in [3.63, 3.8) is 0 Å². The first-order valence-corrected chi connectivity index (χ1v) is 11.9. The van der Waals surface area contributed by atoms with Crippen molar-refractivity contribution in [2.24, 2.45) is 5.92 Å². The van der Waals surface area contributed by atoms with Crippen LogP contribution in [0, 0.1) is 5.92 Å². The number of piperidine rings is 1. The first-order valence-electron chi connectivity index (χ1n) is 10.0. The van der Waals surface area contributed by atoms with E-state index in [-0.39, 0.29) is 6.09 Å². The van der Waals surface area contributed by atoms with Crippen molar-refractivity contribution in [1.29, 1.82) is 0 Å². The maximum absolute atomic E-state index is 12.5. The molecule has 1 fully saturated rings. The SMILES string of the molecule is CC(Sc1ncc[nH]1)C1CCN(C(=O)Oc2ccc(CSc3ncc[nH]3)cc2)CC1. The normalized spacial score (nSPS) is 15.8. The predicted molar refractivity (Wildman–Crippen MR) is 119 cm³/mol. The maximum atomic E-state index is 12.5. The summed E-state index contributed by atoms with van der Waals surface area (Å²) in [5, 5.41) is 2.31. The molecule has 2 aromatic heterocycles. The number of nitrogens with zero attached hydrogens (tertiary/aromatic N) is 3. The van der Waals surface area contributed by atoms with Crippen molar-refractivity contribution in [2.45, 2.75) is 41.1 Å². The average Bonchev–Trinajstić information content (AvgIpc) is 3.47. The van der Waals surface area contributed by atoms with Gasteiger partial charge in [-0.15, -0.1) is 0 Å². The lowest BCUT2D eigenvalue weighted by Gasteiger charge is -2.33. The predicted octanol–water partition coefficient (Wildman–Crippen LogP) is 4.82. The highest BCUT2D eigenvalue weighted by atomic mass is 32.2. The number of aromatic nitrogens is 4. The number of nitrogens with one attached hydrogen (secondary N) is 2. The topological polar surface area (TPSA) is 86.9 Å². The first-order chi connectivity index (χ1) is 14.7. The fraction of sp³-hybridized carbons (Fsp3) is 0.381. The lowest BCUT2D eigenvalue weighted by molar-refractivity contribution is 0.131. The quantitative estimate of drug-likeness (QED) is 0.509. The lowest BCUT2D eigenvalue weighted by atomic mass is 9.94. The zero-order valence-corrected chi connectivity index (χ0v) is 18.4. The van der Waals surface area contributed by atoms with E-state index in [1.54, 1.807) is 40.8 Å². The minimum Gasteiger partial charge on any atom is -0.410 e. The van der Waals surface area contributed by atoms with Gasteiger partial charge < -0.3 is 19.6 Å². The third kappa shape index (κ3) is 5.60. The summed E-state index contributed by atoms with van der Waals surface area (Å²) in [7, 11) is 0. The molecule has 0 radical (unpaired) electrons. The van der Waals surface area contributed by atoms with Gasteiger partial charge in [0.1, 0.15) is 5.75 Å². The zero-order valence-electron chi connectivity index (χ0n) is 16.8. The lowest BCUT2D eigenvalue weighted by Crippen LogP contribution is -2.41. The van der Waals surface area contributed by atoms with Gasteiger partial charge in [-0.2, -0.15) is 0 Å². The van der Waals surface area contributed by atoms with Gasteiger partial charge in [-0.25, -0.2) is 14.8 Å². The molecule has 3 aromatic rings. The van der Waals surface area contributed by atoms with Gasteiger partial charge in [0, 0.05) is 48.9 Å². The summed E-state index contributed by atoms with van der Waals surface area (Å²) in [5.41, 5.74) is 1.15. The van der Waals surface area contributed by atoms with Crippen LogP contribution in [0.15, 0.2) is 59.4 Å². The van der Waals surface area contributed by atoms with Crippen molar-refractivity contribution in [1.82, 2.24) is 24.8 Å². The molecule has 0 saturated carbocycles. The highest BCUT2D eigenvalue weighted by Crippen LogP contribution is 2.32. The van der Waals surface area contributed by atoms with Crippen LogP contribution in [0.1, 0.15) is 25.3 Å². The molecule has 0 bridgehead atoms. The van der Waals surface area contributed by atoms with Gasteiger partial charge in [0.2, 0.25) is 0 Å². The number of thioether (sulfide) groups is 2. The van der Waals surface area contributed by atoms with Gasteiger partial charge in [-0.05, 0) is 36.5 Å². The van der Waals surface area contributed by atoms with Crippen molar-refractivity contribution in [2.75, 3.05) is 13.1 Å². The summed E-state index contributed by atoms with van der Waals surface area (Å²) in [4.78, 5) is 29.0. The van der Waals surface area contributed by atoms with E-state index in [9.17, 15) is 4.79 Å². The fourth-order valence-corrected chi connectivity index (χ4v) is 5.30. The van der Waals surface area contributed by atoms with Crippen molar-refractivity contribution in [3.05, 3.63) is 54.6 Å². The van der Waals surface area contributed by atoms with Crippen LogP contribution >= 0.6 is 23.5 Å². The molecular weight excluding hydrogens is 418 g/mol. The number of amides is 1. The van der Waals surface area contributed by atoms with Crippen LogP contribution in [-0.2, 0) is 5.75 Å². The van der Waals surface area contributed by atoms with E-state index in [1.807, 2.05) is 36.7 Å². The molecule has 3 heterocycles. The summed E-state index contributed by atoms with van der Waals surface area (Å²) in [5.74, 6) is 1.95. The number of carbonyl (C=O) groups is 1. The smallest absolute Gasteiger partial charge is 0.410 e. The largest absolute Gasteiger partial charge is 0.415 e. The van der Waals surface area contributed by atoms with Crippen molar-refractivity contribution < 1.29 is 9.53 Å². The number of imidazole rings is 2. The Morgan fingerprint density at radius 2 is 1.80 bits per heavy atom. The van der Waals surface area contributed by atoms with Crippen LogP contribution in [0.5, 0.6) is 5.75 Å². The van der Waals surface area contributed by atoms with Gasteiger partial charge in [-0.1, -0.05) is 42.6 Å². The Bertz CT molecular complexity index is 908. The molecule has 1 aliphatic rings. The second-order valence-corrected chi connectivity index (χ2v) is 9.57. The summed E-state index contributed by atoms with van der Waals surface area (Å²) in [6.45, 7) is 3.69. The number of hydrogen-bond donors (Lipinski definition) is 2. The summed E-state index contributed by atoms with van der Waals surface area (Å²) < 4.78 is 5.58. The van der Waals surface area contributed by atoms with E-state index in [1.165, 1.54) is 0 Å². The molecule has 1 unspecified atom stereocenters. The summed E-state index contributed by atoms with van der Waals surface area (Å²) >= 11 is 3.40. The molecule has 0 spiro atoms. The summed E-state index contributed by atoms with van der Waals surface area (Å²) in [6, 6.07) is 7.67. The number of likely N-dealkylation sites (tertiary alicyclic amines) is 1. The van der Waals surface area contributed by atoms with Crippen molar-refractivity contribution in [3.8, 4) is 5.75 Å². The van der Waals surface area contributed by atoms with Gasteiger partial charge in [0.25, 0.3) is 0 Å². The van der Waals surface area contributed by atoms with E-state index in [0.717, 1.165) is 47.6 Å². The van der Waals surface area contributed by atoms with Crippen LogP contribution in [0.4, 0.5) is 4.79 Å². The first kappa shape index (κ1) is 20.9. The van der Waals surface area contributed by atoms with E-state index in [0.29, 0.717) is 16.9 Å². The van der Waals surface area contributed by atoms with E-state index in [4.69, 9.17) is 4.74 Å². The standard InChI is InChI=1S/C21H25N5O2S2/c1-15(30-20-24-10-11-25-20)17-6-12-26(13-7-17)21(27)28-18-4-2-16(3-5-18)14-29-19-22-8-9-23-19/h2-5,8-11,15,17H,6-7,12-14H2,1H3,(H,22,23)(H,24,25). The number of H-pyrrole nitrogens is 2. The Kier molecular flexibility index (Phi) is 7.01. The Hall–Kier alpha value is -2.39. The van der Waals surface area contributed by atoms with E-state index in [2.05, 4.69) is 26.9 Å². The van der Waals surface area contributed by atoms with Crippen LogP contribution in [0.3, 0.4) is 0 Å². The Balaban J connectivity index is 1.21. The Labute approximate surface area is 184 Å². The highest BCUT2D eigenvalue weighted by Gasteiger charge is 2.28. The third-order valence-electron chi connectivity index (χ3n) is 5.21. The zero-order chi connectivity index (χ0) is 20.8. The monoisotopic (exact) mass is 443 g/mol. The van der Waals surface area contributed by atoms with E-state index < -0.39 is 0 Å². The number of rotatable bonds is 7. The number of ether oxygens (including phenoxy) is 1. The number of benzene rings is 1. The molecule has 9 heteroatoms. The third-order valence-corrected chi connectivity index (χ3v) is 7.39. The van der Waals surface area contributed by atoms with Crippen molar-refractivity contribution >= 4 is 29.6 Å². The molecule has 30 heavy (non-hydrogen) atoms. The number of hydrogen-bond acceptors (Lipinski definition) is 6. The van der Waals surface area contributed by atoms with E-state index >= 15 is 0 Å². The fourth-order valence-electron chi connectivity index (χ4n) is 3.44. The van der Waals surface area contributed by atoms with Crippen LogP contribution in [0.2, 0.25) is 0 Å². The second kappa shape index (κ2) is 10.1. The summed E-state index contributed by atoms with van der Waals surface area (Å²) in [6.07, 6.45) is 8.87. The Morgan fingerprint density at radius 3 is 2.43 bits per heavy atom. The highest BCUT2D eigenvalue weighted by molar-refractivity contribution is 7.99. The molecule has 0 aliphatic carbocycles. The van der Waals surface area contributed by atoms with Crippen LogP contribution < -0.4 is 4.74 Å². The molecule has 1 aromatic carbocycles. The molecule has 4 rings (SSSR count). The molecular formula is C21H25N5O2S2. The second-order valence-electron chi connectivity index (χ2n) is 7.24. The van der Waals surface area contributed by atoms with Crippen LogP contribution in [-0.4, -0.2) is 49.3 Å². The molecule has 1 amide bonds. The number of carbonyl (C=O) groups excluding carboxylic acids is 1. The number of aromatic amines is 2. The maximum Gasteiger partial charge on any atom is 0.415 e. The average molecular weight is 444 g/mol. The van der Waals surface area contributed by atoms with Gasteiger partial charge in [-0.3, -0.25) is 0 Å². The van der Waals surface area contributed by atoms with Crippen LogP contribution in [0.25, 0.3) is 0 Å². The Morgan fingerprint density at radius 1 is 1.13 bits per heavy atom. The minimum absolute atomic E-state index is 0.266. The molecule has 1 aliphatic heterocycles. The molecule has 1 atom stereocenters. The molecule has 2 N–H and O–H groups in total. The molecule has 1 saturated heterocycles. The minimum atomic E-state index is -0.266.